The molecule has 0 saturated heterocycles. The van der Waals surface area contributed by atoms with E-state index in [1.165, 1.54) is 14.0 Å². The molecule has 0 unspecified atom stereocenters. The molecule has 1 heterocycles. The Kier molecular flexibility index (Phi) is 7.67. The summed E-state index contributed by atoms with van der Waals surface area (Å²) in [5.74, 6) is 0.0243. The van der Waals surface area contributed by atoms with E-state index in [1.54, 1.807) is 12.1 Å². The molecule has 1 amide bonds. The van der Waals surface area contributed by atoms with Crippen molar-refractivity contribution in [2.24, 2.45) is 0 Å². The predicted octanol–water partition coefficient (Wildman–Crippen LogP) is 6.15. The lowest BCUT2D eigenvalue weighted by Crippen LogP contribution is -2.13. The molecule has 1 N–H and O–H groups in total. The van der Waals surface area contributed by atoms with Crippen molar-refractivity contribution in [2.45, 2.75) is 20.0 Å². The second-order valence-corrected chi connectivity index (χ2v) is 8.89. The SMILES string of the molecule is COC(=O)c1cc(-n2cccc2Cc2cc(Br)ccc2OCc2ccccc2)ccc1NC(C)=O. The number of nitrogens with one attached hydrogen (secondary N) is 1. The van der Waals surface area contributed by atoms with Crippen LogP contribution in [0.1, 0.15) is 34.1 Å². The Morgan fingerprint density at radius 1 is 0.971 bits per heavy atom. The molecule has 0 spiro atoms. The fourth-order valence-electron chi connectivity index (χ4n) is 3.83. The minimum absolute atomic E-state index is 0.262. The number of aromatic nitrogens is 1. The van der Waals surface area contributed by atoms with Crippen LogP contribution in [0.2, 0.25) is 0 Å². The van der Waals surface area contributed by atoms with E-state index in [2.05, 4.69) is 27.3 Å². The van der Waals surface area contributed by atoms with Gasteiger partial charge in [0.25, 0.3) is 0 Å². The Labute approximate surface area is 212 Å². The second-order valence-electron chi connectivity index (χ2n) is 7.98. The number of carbonyl (C=O) groups is 2. The molecule has 178 valence electrons. The van der Waals surface area contributed by atoms with E-state index in [1.807, 2.05) is 71.4 Å². The van der Waals surface area contributed by atoms with Crippen molar-refractivity contribution >= 4 is 33.5 Å². The highest BCUT2D eigenvalue weighted by Gasteiger charge is 2.16. The highest BCUT2D eigenvalue weighted by Crippen LogP contribution is 2.29. The van der Waals surface area contributed by atoms with Gasteiger partial charge in [-0.2, -0.15) is 0 Å². The summed E-state index contributed by atoms with van der Waals surface area (Å²) in [6, 6.07) is 25.3. The molecule has 0 aliphatic carbocycles. The van der Waals surface area contributed by atoms with E-state index in [0.29, 0.717) is 18.7 Å². The molecule has 4 rings (SSSR count). The van der Waals surface area contributed by atoms with E-state index in [-0.39, 0.29) is 11.5 Å². The number of hydrogen-bond acceptors (Lipinski definition) is 4. The normalized spacial score (nSPS) is 10.6. The first kappa shape index (κ1) is 24.3. The van der Waals surface area contributed by atoms with E-state index < -0.39 is 5.97 Å². The van der Waals surface area contributed by atoms with Gasteiger partial charge >= 0.3 is 5.97 Å². The molecule has 3 aromatic carbocycles. The van der Waals surface area contributed by atoms with Gasteiger partial charge in [-0.3, -0.25) is 4.79 Å². The van der Waals surface area contributed by atoms with Crippen molar-refractivity contribution in [1.29, 1.82) is 0 Å². The summed E-state index contributed by atoms with van der Waals surface area (Å²) in [6.07, 6.45) is 2.55. The number of esters is 1. The Bertz CT molecular complexity index is 1350. The van der Waals surface area contributed by atoms with Crippen molar-refractivity contribution in [3.05, 3.63) is 112 Å². The number of rotatable bonds is 8. The van der Waals surface area contributed by atoms with Crippen LogP contribution in [0, 0.1) is 0 Å². The fourth-order valence-corrected chi connectivity index (χ4v) is 4.24. The Morgan fingerprint density at radius 2 is 1.77 bits per heavy atom. The van der Waals surface area contributed by atoms with Crippen LogP contribution in [0.25, 0.3) is 5.69 Å². The maximum absolute atomic E-state index is 12.4. The van der Waals surface area contributed by atoms with Gasteiger partial charge in [0, 0.05) is 41.0 Å². The maximum atomic E-state index is 12.4. The van der Waals surface area contributed by atoms with Gasteiger partial charge in [-0.05, 0) is 54.1 Å². The average molecular weight is 533 g/mol. The summed E-state index contributed by atoms with van der Waals surface area (Å²) in [7, 11) is 1.32. The highest BCUT2D eigenvalue weighted by atomic mass is 79.9. The molecule has 4 aromatic rings. The summed E-state index contributed by atoms with van der Waals surface area (Å²) >= 11 is 3.57. The number of anilines is 1. The van der Waals surface area contributed by atoms with Gasteiger partial charge in [0.2, 0.25) is 5.91 Å². The van der Waals surface area contributed by atoms with Crippen molar-refractivity contribution in [3.63, 3.8) is 0 Å². The summed E-state index contributed by atoms with van der Waals surface area (Å²) in [5, 5.41) is 2.69. The van der Waals surface area contributed by atoms with Crippen LogP contribution in [0.3, 0.4) is 0 Å². The van der Waals surface area contributed by atoms with Gasteiger partial charge in [-0.25, -0.2) is 4.79 Å². The molecule has 0 aliphatic rings. The molecular weight excluding hydrogens is 508 g/mol. The minimum atomic E-state index is -0.520. The third-order valence-corrected chi connectivity index (χ3v) is 5.96. The van der Waals surface area contributed by atoms with E-state index in [9.17, 15) is 9.59 Å². The molecule has 0 atom stereocenters. The molecular formula is C28H25BrN2O4. The quantitative estimate of drug-likeness (QED) is 0.276. The standard InChI is InChI=1S/C28H25BrN2O4/c1-19(32)30-26-12-11-24(17-25(26)28(33)34-2)31-14-6-9-23(31)16-21-15-22(29)10-13-27(21)35-18-20-7-4-3-5-8-20/h3-15,17H,16,18H2,1-2H3,(H,30,32). The molecule has 0 fully saturated rings. The van der Waals surface area contributed by atoms with Crippen LogP contribution in [0.5, 0.6) is 5.75 Å². The zero-order valence-corrected chi connectivity index (χ0v) is 21.0. The molecule has 0 aliphatic heterocycles. The van der Waals surface area contributed by atoms with Crippen LogP contribution in [-0.4, -0.2) is 23.6 Å². The number of hydrogen-bond donors (Lipinski definition) is 1. The van der Waals surface area contributed by atoms with Gasteiger partial charge in [0.15, 0.2) is 0 Å². The van der Waals surface area contributed by atoms with Gasteiger partial charge in [0.05, 0.1) is 18.4 Å². The molecule has 1 aromatic heterocycles. The largest absolute Gasteiger partial charge is 0.489 e. The van der Waals surface area contributed by atoms with Crippen LogP contribution in [0.15, 0.2) is 89.5 Å². The Morgan fingerprint density at radius 3 is 2.51 bits per heavy atom. The lowest BCUT2D eigenvalue weighted by Gasteiger charge is -2.16. The fraction of sp³-hybridized carbons (Fsp3) is 0.143. The maximum Gasteiger partial charge on any atom is 0.340 e. The molecule has 6 nitrogen and oxygen atoms in total. The number of carbonyl (C=O) groups excluding carboxylic acids is 2. The van der Waals surface area contributed by atoms with Crippen LogP contribution < -0.4 is 10.1 Å². The monoisotopic (exact) mass is 532 g/mol. The number of nitrogens with zero attached hydrogens (tertiary/aromatic N) is 1. The smallest absolute Gasteiger partial charge is 0.340 e. The van der Waals surface area contributed by atoms with Crippen molar-refractivity contribution < 1.29 is 19.1 Å². The Hall–Kier alpha value is -3.84. The number of amides is 1. The van der Waals surface area contributed by atoms with E-state index in [4.69, 9.17) is 9.47 Å². The zero-order valence-electron chi connectivity index (χ0n) is 19.5. The third-order valence-electron chi connectivity index (χ3n) is 5.46. The third kappa shape index (κ3) is 6.00. The summed E-state index contributed by atoms with van der Waals surface area (Å²) < 4.78 is 14.1. The van der Waals surface area contributed by atoms with Gasteiger partial charge < -0.3 is 19.4 Å². The molecule has 7 heteroatoms. The number of ether oxygens (including phenoxy) is 2. The first-order chi connectivity index (χ1) is 16.9. The van der Waals surface area contributed by atoms with Crippen LogP contribution in [-0.2, 0) is 22.6 Å². The lowest BCUT2D eigenvalue weighted by atomic mass is 10.1. The minimum Gasteiger partial charge on any atom is -0.489 e. The molecule has 0 radical (unpaired) electrons. The lowest BCUT2D eigenvalue weighted by molar-refractivity contribution is -0.114. The first-order valence-corrected chi connectivity index (χ1v) is 11.9. The number of halogens is 1. The molecule has 0 bridgehead atoms. The first-order valence-electron chi connectivity index (χ1n) is 11.1. The summed E-state index contributed by atoms with van der Waals surface area (Å²) in [4.78, 5) is 23.9. The molecule has 0 saturated carbocycles. The number of benzene rings is 3. The summed E-state index contributed by atoms with van der Waals surface area (Å²) in [6.45, 7) is 1.87. The van der Waals surface area contributed by atoms with E-state index in [0.717, 1.165) is 32.7 Å². The second kappa shape index (κ2) is 11.1. The van der Waals surface area contributed by atoms with Gasteiger partial charge in [-0.15, -0.1) is 0 Å². The van der Waals surface area contributed by atoms with Crippen molar-refractivity contribution in [1.82, 2.24) is 4.57 Å². The zero-order chi connectivity index (χ0) is 24.8. The van der Waals surface area contributed by atoms with Crippen molar-refractivity contribution in [3.8, 4) is 11.4 Å². The highest BCUT2D eigenvalue weighted by molar-refractivity contribution is 9.10. The van der Waals surface area contributed by atoms with Crippen LogP contribution >= 0.6 is 15.9 Å². The topological polar surface area (TPSA) is 69.6 Å². The van der Waals surface area contributed by atoms with Gasteiger partial charge in [-0.1, -0.05) is 46.3 Å². The Balaban J connectivity index is 1.64. The van der Waals surface area contributed by atoms with Gasteiger partial charge in [0.1, 0.15) is 12.4 Å². The van der Waals surface area contributed by atoms with Crippen molar-refractivity contribution in [2.75, 3.05) is 12.4 Å². The summed E-state index contributed by atoms with van der Waals surface area (Å²) in [5.41, 5.74) is 4.61. The van der Waals surface area contributed by atoms with E-state index >= 15 is 0 Å². The van der Waals surface area contributed by atoms with Crippen LogP contribution in [0.4, 0.5) is 5.69 Å². The average Bonchev–Trinajstić information content (AvgIpc) is 3.31. The number of methoxy groups -OCH3 is 1. The predicted molar refractivity (Wildman–Crippen MR) is 139 cm³/mol. The molecule has 35 heavy (non-hydrogen) atoms.